The quantitative estimate of drug-likeness (QED) is 0.828. The van der Waals surface area contributed by atoms with Crippen molar-refractivity contribution in [2.24, 2.45) is 4.99 Å². The summed E-state index contributed by atoms with van der Waals surface area (Å²) in [7, 11) is 1.69. The minimum absolute atomic E-state index is 0.897. The summed E-state index contributed by atoms with van der Waals surface area (Å²) in [4.78, 5) is 4.48. The number of nitrogens with zero attached hydrogens (tertiary/aromatic N) is 1. The molecule has 1 N–H and O–H groups in total. The molecule has 0 aromatic heterocycles. The van der Waals surface area contributed by atoms with Crippen LogP contribution in [0.5, 0.6) is 5.75 Å². The summed E-state index contributed by atoms with van der Waals surface area (Å²) in [6.45, 7) is 3.03. The summed E-state index contributed by atoms with van der Waals surface area (Å²) in [6.07, 6.45) is 3.51. The smallest absolute Gasteiger partial charge is 0.119 e. The monoisotopic (exact) mass is 218 g/mol. The molecule has 0 saturated carbocycles. The zero-order chi connectivity index (χ0) is 11.4. The van der Waals surface area contributed by atoms with Gasteiger partial charge in [-0.1, -0.05) is 0 Å². The van der Waals surface area contributed by atoms with Gasteiger partial charge in [-0.25, -0.2) is 0 Å². The van der Waals surface area contributed by atoms with E-state index in [9.17, 15) is 0 Å². The van der Waals surface area contributed by atoms with E-state index >= 15 is 0 Å². The molecule has 0 radical (unpaired) electrons. The van der Waals surface area contributed by atoms with Gasteiger partial charge in [0, 0.05) is 18.7 Å². The molecule has 3 nitrogen and oxygen atoms in total. The van der Waals surface area contributed by atoms with Crippen molar-refractivity contribution < 1.29 is 4.74 Å². The molecule has 0 amide bonds. The highest BCUT2D eigenvalue weighted by Gasteiger charge is 2.07. The Balaban J connectivity index is 2.12. The first kappa shape index (κ1) is 11.0. The maximum Gasteiger partial charge on any atom is 0.119 e. The zero-order valence-corrected chi connectivity index (χ0v) is 9.92. The van der Waals surface area contributed by atoms with Crippen LogP contribution in [-0.2, 0) is 0 Å². The van der Waals surface area contributed by atoms with E-state index < -0.39 is 0 Å². The number of ether oxygens (including phenoxy) is 1. The molecule has 0 atom stereocenters. The Morgan fingerprint density at radius 1 is 1.31 bits per heavy atom. The Bertz CT molecular complexity index is 399. The van der Waals surface area contributed by atoms with E-state index in [0.717, 1.165) is 30.2 Å². The summed E-state index contributed by atoms with van der Waals surface area (Å²) in [5.41, 5.74) is 2.31. The average Bonchev–Trinajstić information content (AvgIpc) is 2.33. The Kier molecular flexibility index (Phi) is 3.44. The second-order valence-corrected chi connectivity index (χ2v) is 4.09. The maximum atomic E-state index is 5.18. The van der Waals surface area contributed by atoms with Crippen LogP contribution >= 0.6 is 0 Å². The van der Waals surface area contributed by atoms with Crippen LogP contribution < -0.4 is 10.1 Å². The van der Waals surface area contributed by atoms with Gasteiger partial charge in [0.2, 0.25) is 0 Å². The Labute approximate surface area is 96.5 Å². The second-order valence-electron chi connectivity index (χ2n) is 4.09. The fourth-order valence-corrected chi connectivity index (χ4v) is 1.86. The summed E-state index contributed by atoms with van der Waals surface area (Å²) in [5, 5.41) is 3.39. The van der Waals surface area contributed by atoms with E-state index in [1.165, 1.54) is 18.4 Å². The minimum atomic E-state index is 0.897. The van der Waals surface area contributed by atoms with E-state index in [0.29, 0.717) is 0 Å². The van der Waals surface area contributed by atoms with Crippen molar-refractivity contribution in [3.05, 3.63) is 23.8 Å². The number of aliphatic imine (C=N–C) groups is 1. The summed E-state index contributed by atoms with van der Waals surface area (Å²) in [5.74, 6) is 2.01. The largest absolute Gasteiger partial charge is 0.497 e. The average molecular weight is 218 g/mol. The number of hydrogen-bond donors (Lipinski definition) is 1. The third kappa shape index (κ3) is 2.54. The molecule has 2 rings (SSSR count). The van der Waals surface area contributed by atoms with Crippen LogP contribution in [0.3, 0.4) is 0 Å². The number of hydrogen-bond acceptors (Lipinski definition) is 3. The number of methoxy groups -OCH3 is 1. The van der Waals surface area contributed by atoms with Gasteiger partial charge >= 0.3 is 0 Å². The number of amidine groups is 1. The van der Waals surface area contributed by atoms with Crippen molar-refractivity contribution in [3.8, 4) is 5.75 Å². The topological polar surface area (TPSA) is 33.6 Å². The molecule has 1 aromatic rings. The molecule has 1 aromatic carbocycles. The second kappa shape index (κ2) is 5.01. The minimum Gasteiger partial charge on any atom is -0.497 e. The van der Waals surface area contributed by atoms with E-state index in [2.05, 4.69) is 17.2 Å². The Hall–Kier alpha value is -1.51. The van der Waals surface area contributed by atoms with Gasteiger partial charge < -0.3 is 10.1 Å². The fraction of sp³-hybridized carbons (Fsp3) is 0.462. The molecule has 0 bridgehead atoms. The third-order valence-electron chi connectivity index (χ3n) is 2.84. The van der Waals surface area contributed by atoms with Gasteiger partial charge in [0.1, 0.15) is 11.6 Å². The van der Waals surface area contributed by atoms with Crippen molar-refractivity contribution in [1.29, 1.82) is 0 Å². The molecule has 0 spiro atoms. The van der Waals surface area contributed by atoms with Crippen LogP contribution in [-0.4, -0.2) is 19.5 Å². The van der Waals surface area contributed by atoms with E-state index in [-0.39, 0.29) is 0 Å². The highest BCUT2D eigenvalue weighted by atomic mass is 16.5. The van der Waals surface area contributed by atoms with E-state index in [1.54, 1.807) is 7.11 Å². The van der Waals surface area contributed by atoms with Gasteiger partial charge in [-0.05, 0) is 43.5 Å². The van der Waals surface area contributed by atoms with Crippen LogP contribution in [0, 0.1) is 6.92 Å². The van der Waals surface area contributed by atoms with Crippen LogP contribution in [0.1, 0.15) is 24.8 Å². The molecule has 0 fully saturated rings. The third-order valence-corrected chi connectivity index (χ3v) is 2.84. The molecule has 0 saturated heterocycles. The van der Waals surface area contributed by atoms with Crippen LogP contribution in [0.4, 0.5) is 5.69 Å². The number of benzene rings is 1. The zero-order valence-electron chi connectivity index (χ0n) is 9.92. The standard InChI is InChI=1S/C13H18N2O/c1-10-9-11(16-2)6-7-12(10)15-13-5-3-4-8-14-13/h6-7,9H,3-5,8H2,1-2H3,(H,14,15). The lowest BCUT2D eigenvalue weighted by Crippen LogP contribution is -2.16. The fourth-order valence-electron chi connectivity index (χ4n) is 1.86. The molecule has 0 unspecified atom stereocenters. The summed E-state index contributed by atoms with van der Waals surface area (Å²) >= 11 is 0. The lowest BCUT2D eigenvalue weighted by Gasteiger charge is -2.15. The Morgan fingerprint density at radius 3 is 2.81 bits per heavy atom. The van der Waals surface area contributed by atoms with Gasteiger partial charge in [0.15, 0.2) is 0 Å². The van der Waals surface area contributed by atoms with Crippen molar-refractivity contribution in [2.45, 2.75) is 26.2 Å². The molecule has 0 aliphatic carbocycles. The van der Waals surface area contributed by atoms with Gasteiger partial charge in [-0.3, -0.25) is 4.99 Å². The SMILES string of the molecule is COc1ccc(NC2=NCCCC2)c(C)c1. The maximum absolute atomic E-state index is 5.18. The van der Waals surface area contributed by atoms with E-state index in [1.807, 2.05) is 18.2 Å². The number of rotatable bonds is 2. The molecule has 86 valence electrons. The highest BCUT2D eigenvalue weighted by Crippen LogP contribution is 2.22. The van der Waals surface area contributed by atoms with Crippen LogP contribution in [0.15, 0.2) is 23.2 Å². The van der Waals surface area contributed by atoms with Crippen molar-refractivity contribution in [3.63, 3.8) is 0 Å². The van der Waals surface area contributed by atoms with Gasteiger partial charge in [-0.15, -0.1) is 0 Å². The van der Waals surface area contributed by atoms with Crippen molar-refractivity contribution >= 4 is 11.5 Å². The molecular formula is C13H18N2O. The van der Waals surface area contributed by atoms with E-state index in [4.69, 9.17) is 4.74 Å². The normalized spacial score (nSPS) is 15.5. The first-order valence-electron chi connectivity index (χ1n) is 5.74. The van der Waals surface area contributed by atoms with Gasteiger partial charge in [0.05, 0.1) is 7.11 Å². The van der Waals surface area contributed by atoms with Gasteiger partial charge in [0.25, 0.3) is 0 Å². The Morgan fingerprint density at radius 2 is 2.19 bits per heavy atom. The number of nitrogens with one attached hydrogen (secondary N) is 1. The number of aryl methyl sites for hydroxylation is 1. The van der Waals surface area contributed by atoms with Crippen molar-refractivity contribution in [1.82, 2.24) is 0 Å². The first-order valence-corrected chi connectivity index (χ1v) is 5.74. The van der Waals surface area contributed by atoms with Gasteiger partial charge in [-0.2, -0.15) is 0 Å². The summed E-state index contributed by atoms with van der Waals surface area (Å²) < 4.78 is 5.18. The molecule has 1 aliphatic heterocycles. The molecule has 1 heterocycles. The molecule has 3 heteroatoms. The van der Waals surface area contributed by atoms with Crippen LogP contribution in [0.2, 0.25) is 0 Å². The summed E-state index contributed by atoms with van der Waals surface area (Å²) in [6, 6.07) is 6.05. The predicted octanol–water partition coefficient (Wildman–Crippen LogP) is 3.00. The predicted molar refractivity (Wildman–Crippen MR) is 67.5 cm³/mol. The highest BCUT2D eigenvalue weighted by molar-refractivity contribution is 5.96. The van der Waals surface area contributed by atoms with Crippen LogP contribution in [0.25, 0.3) is 0 Å². The van der Waals surface area contributed by atoms with Crippen molar-refractivity contribution in [2.75, 3.05) is 19.0 Å². The molecule has 16 heavy (non-hydrogen) atoms. The lowest BCUT2D eigenvalue weighted by molar-refractivity contribution is 0.414. The first-order chi connectivity index (χ1) is 7.79. The molecular weight excluding hydrogens is 200 g/mol. The number of anilines is 1. The molecule has 1 aliphatic rings. The lowest BCUT2D eigenvalue weighted by atomic mass is 10.1.